The van der Waals surface area contributed by atoms with Crippen molar-refractivity contribution in [1.82, 2.24) is 4.90 Å². The maximum absolute atomic E-state index is 13.9. The predicted molar refractivity (Wildman–Crippen MR) is 133 cm³/mol. The number of Topliss-reactive ketones (excluding diaryl/α,β-unsaturated/α-hetero) is 3. The molecule has 10 heteroatoms. The van der Waals surface area contributed by atoms with Gasteiger partial charge in [-0.1, -0.05) is 24.3 Å². The van der Waals surface area contributed by atoms with Gasteiger partial charge in [0, 0.05) is 17.5 Å². The highest BCUT2D eigenvalue weighted by Crippen LogP contribution is 2.52. The Morgan fingerprint density at radius 3 is 2.47 bits per heavy atom. The van der Waals surface area contributed by atoms with Gasteiger partial charge in [0.1, 0.15) is 18.0 Å². The summed E-state index contributed by atoms with van der Waals surface area (Å²) in [4.78, 5) is 66.0. The summed E-state index contributed by atoms with van der Waals surface area (Å²) in [7, 11) is 3.19. The molecule has 2 saturated carbocycles. The van der Waals surface area contributed by atoms with Gasteiger partial charge >= 0.3 is 0 Å². The number of ketones is 3. The van der Waals surface area contributed by atoms with Crippen molar-refractivity contribution in [3.63, 3.8) is 0 Å². The average molecular weight is 521 g/mol. The number of primary amides is 1. The zero-order chi connectivity index (χ0) is 27.7. The third-order valence-electron chi connectivity index (χ3n) is 8.51. The number of nitrogens with zero attached hydrogens (tertiary/aromatic N) is 1. The van der Waals surface area contributed by atoms with E-state index < -0.39 is 64.7 Å². The van der Waals surface area contributed by atoms with Gasteiger partial charge in [-0.2, -0.15) is 0 Å². The summed E-state index contributed by atoms with van der Waals surface area (Å²) in [5, 5.41) is 33.3. The summed E-state index contributed by atoms with van der Waals surface area (Å²) in [6, 6.07) is 8.76. The quantitative estimate of drug-likeness (QED) is 0.323. The monoisotopic (exact) mass is 520 g/mol. The molecule has 10 nitrogen and oxygen atoms in total. The van der Waals surface area contributed by atoms with Gasteiger partial charge in [-0.25, -0.2) is 0 Å². The second kappa shape index (κ2) is 8.93. The van der Waals surface area contributed by atoms with Crippen molar-refractivity contribution in [3.05, 3.63) is 53.1 Å². The lowest BCUT2D eigenvalue weighted by Gasteiger charge is -2.54. The molecule has 2 aromatic carbocycles. The summed E-state index contributed by atoms with van der Waals surface area (Å²) >= 11 is 0. The Hall–Kier alpha value is -3.73. The number of phenols is 1. The number of amides is 1. The van der Waals surface area contributed by atoms with Crippen LogP contribution >= 0.6 is 0 Å². The Kier molecular flexibility index (Phi) is 6.09. The third-order valence-corrected chi connectivity index (χ3v) is 8.51. The number of rotatable bonds is 4. The standard InChI is InChI=1S/C28H28N2O8/c1-30(2)22-17-10-14-9-16-15(13-5-3-4-12(8-13)11-31)6-7-18(32)20(16)23(33)19(14)25(35)28(17,38)26(36)21(24(22)34)27(29)37/h3-8,11,14,17,19,21-22,24,32,34,38H,9-10H2,1-2H3,(H2,29,37)/t14-,17-,19?,21?,22-,24?,28-/m1/s1. The Balaban J connectivity index is 1.66. The van der Waals surface area contributed by atoms with Crippen LogP contribution in [0.2, 0.25) is 0 Å². The van der Waals surface area contributed by atoms with Gasteiger partial charge in [-0.05, 0) is 61.7 Å². The molecule has 0 heterocycles. The molecule has 0 radical (unpaired) electrons. The lowest BCUT2D eigenvalue weighted by Crippen LogP contribution is -2.75. The van der Waals surface area contributed by atoms with Gasteiger partial charge in [-0.3, -0.25) is 24.0 Å². The number of hydrogen-bond acceptors (Lipinski definition) is 9. The Morgan fingerprint density at radius 2 is 1.84 bits per heavy atom. The highest BCUT2D eigenvalue weighted by atomic mass is 16.3. The van der Waals surface area contributed by atoms with Gasteiger partial charge in [0.2, 0.25) is 5.91 Å². The van der Waals surface area contributed by atoms with Gasteiger partial charge in [0.15, 0.2) is 23.0 Å². The molecular formula is C28H28N2O8. The molecule has 3 unspecified atom stereocenters. The van der Waals surface area contributed by atoms with Crippen molar-refractivity contribution >= 4 is 29.5 Å². The van der Waals surface area contributed by atoms with Crippen molar-refractivity contribution < 1.29 is 39.3 Å². The van der Waals surface area contributed by atoms with Gasteiger partial charge in [0.25, 0.3) is 0 Å². The fourth-order valence-corrected chi connectivity index (χ4v) is 6.87. The van der Waals surface area contributed by atoms with E-state index in [9.17, 15) is 39.3 Å². The lowest BCUT2D eigenvalue weighted by atomic mass is 9.52. The molecule has 7 atom stereocenters. The summed E-state index contributed by atoms with van der Waals surface area (Å²) in [6.45, 7) is 0. The van der Waals surface area contributed by atoms with Crippen LogP contribution in [0.5, 0.6) is 5.75 Å². The van der Waals surface area contributed by atoms with Gasteiger partial charge in [0.05, 0.1) is 17.6 Å². The number of nitrogens with two attached hydrogens (primary N) is 1. The van der Waals surface area contributed by atoms with Crippen LogP contribution < -0.4 is 5.73 Å². The minimum Gasteiger partial charge on any atom is -0.507 e. The number of phenolic OH excluding ortho intramolecular Hbond substituents is 1. The Morgan fingerprint density at radius 1 is 1.13 bits per heavy atom. The molecule has 38 heavy (non-hydrogen) atoms. The second-order valence-corrected chi connectivity index (χ2v) is 10.7. The van der Waals surface area contributed by atoms with E-state index in [4.69, 9.17) is 5.73 Å². The summed E-state index contributed by atoms with van der Waals surface area (Å²) in [5.41, 5.74) is 4.79. The molecule has 0 aliphatic heterocycles. The van der Waals surface area contributed by atoms with E-state index in [1.807, 2.05) is 0 Å². The van der Waals surface area contributed by atoms with E-state index in [-0.39, 0.29) is 24.2 Å². The van der Waals surface area contributed by atoms with Crippen LogP contribution in [0.3, 0.4) is 0 Å². The molecule has 2 fully saturated rings. The van der Waals surface area contributed by atoms with Crippen molar-refractivity contribution in [3.8, 4) is 16.9 Å². The maximum atomic E-state index is 13.9. The molecule has 3 aliphatic rings. The van der Waals surface area contributed by atoms with E-state index in [1.165, 1.54) is 11.0 Å². The smallest absolute Gasteiger partial charge is 0.230 e. The molecule has 5 rings (SSSR count). The van der Waals surface area contributed by atoms with Crippen LogP contribution in [0, 0.1) is 23.7 Å². The van der Waals surface area contributed by atoms with Crippen LogP contribution in [0.15, 0.2) is 36.4 Å². The number of aromatic hydroxyl groups is 1. The van der Waals surface area contributed by atoms with Crippen molar-refractivity contribution in [2.45, 2.75) is 30.6 Å². The minimum atomic E-state index is -2.70. The topological polar surface area (TPSA) is 175 Å². The number of aldehydes is 1. The predicted octanol–water partition coefficient (Wildman–Crippen LogP) is 0.138. The first-order valence-electron chi connectivity index (χ1n) is 12.3. The highest BCUT2D eigenvalue weighted by Gasteiger charge is 2.69. The number of aliphatic hydroxyl groups excluding tert-OH is 1. The summed E-state index contributed by atoms with van der Waals surface area (Å²) in [6.07, 6.45) is -0.659. The van der Waals surface area contributed by atoms with Crippen LogP contribution in [0.4, 0.5) is 0 Å². The van der Waals surface area contributed by atoms with Crippen molar-refractivity contribution in [1.29, 1.82) is 0 Å². The minimum absolute atomic E-state index is 0.0265. The molecule has 3 aliphatic carbocycles. The van der Waals surface area contributed by atoms with E-state index in [2.05, 4.69) is 0 Å². The molecule has 0 aromatic heterocycles. The number of fused-ring (bicyclic) bond motifs is 3. The normalized spacial score (nSPS) is 32.4. The average Bonchev–Trinajstić information content (AvgIpc) is 2.86. The zero-order valence-electron chi connectivity index (χ0n) is 20.8. The maximum Gasteiger partial charge on any atom is 0.230 e. The lowest BCUT2D eigenvalue weighted by molar-refractivity contribution is -0.190. The number of benzene rings is 2. The largest absolute Gasteiger partial charge is 0.507 e. The first kappa shape index (κ1) is 25.9. The molecule has 1 amide bonds. The van der Waals surface area contributed by atoms with E-state index in [0.717, 1.165) is 0 Å². The zero-order valence-corrected chi connectivity index (χ0v) is 20.8. The number of aliphatic hydroxyl groups is 2. The van der Waals surface area contributed by atoms with E-state index in [1.54, 1.807) is 44.4 Å². The number of hydrogen-bond donors (Lipinski definition) is 4. The van der Waals surface area contributed by atoms with Crippen molar-refractivity contribution in [2.75, 3.05) is 14.1 Å². The summed E-state index contributed by atoms with van der Waals surface area (Å²) in [5.74, 6) is -9.48. The molecule has 2 aromatic rings. The summed E-state index contributed by atoms with van der Waals surface area (Å²) < 4.78 is 0. The van der Waals surface area contributed by atoms with Crippen LogP contribution in [-0.2, 0) is 20.8 Å². The van der Waals surface area contributed by atoms with Crippen LogP contribution in [-0.4, -0.2) is 81.6 Å². The molecule has 0 spiro atoms. The second-order valence-electron chi connectivity index (χ2n) is 10.7. The molecule has 0 bridgehead atoms. The van der Waals surface area contributed by atoms with Crippen LogP contribution in [0.25, 0.3) is 11.1 Å². The van der Waals surface area contributed by atoms with E-state index >= 15 is 0 Å². The first-order valence-corrected chi connectivity index (χ1v) is 12.3. The molecular weight excluding hydrogens is 492 g/mol. The van der Waals surface area contributed by atoms with E-state index in [0.29, 0.717) is 28.5 Å². The Labute approximate surface area is 218 Å². The third kappa shape index (κ3) is 3.48. The van der Waals surface area contributed by atoms with Gasteiger partial charge < -0.3 is 26.0 Å². The SMILES string of the molecule is CN(C)[C@H]1C(O)C(C(N)=O)C(=O)[C@]2(O)C(=O)C3C(=O)c4c(O)ccc(-c5cccc(C=O)c5)c4C[C@@H]3C[C@H]12. The first-order chi connectivity index (χ1) is 17.9. The molecule has 5 N–H and O–H groups in total. The van der Waals surface area contributed by atoms with Crippen LogP contribution in [0.1, 0.15) is 32.7 Å². The Bertz CT molecular complexity index is 1400. The highest BCUT2D eigenvalue weighted by molar-refractivity contribution is 6.25. The van der Waals surface area contributed by atoms with Crippen molar-refractivity contribution in [2.24, 2.45) is 29.4 Å². The number of carbonyl (C=O) groups is 5. The fraction of sp³-hybridized carbons (Fsp3) is 0.393. The number of likely N-dealkylation sites (N-methyl/N-ethyl adjacent to an activating group) is 1. The molecule has 0 saturated heterocycles. The molecule has 198 valence electrons. The fourth-order valence-electron chi connectivity index (χ4n) is 6.87. The number of carbonyl (C=O) groups excluding carboxylic acids is 5. The van der Waals surface area contributed by atoms with Gasteiger partial charge in [-0.15, -0.1) is 0 Å².